The summed E-state index contributed by atoms with van der Waals surface area (Å²) in [6.45, 7) is 10.2. The largest absolute Gasteiger partial charge is 0.357 e. The highest BCUT2D eigenvalue weighted by Crippen LogP contribution is 2.33. The lowest BCUT2D eigenvalue weighted by Gasteiger charge is -2.23. The van der Waals surface area contributed by atoms with E-state index in [0.717, 1.165) is 42.9 Å². The van der Waals surface area contributed by atoms with Crippen LogP contribution in [0, 0.1) is 0 Å². The Labute approximate surface area is 156 Å². The number of guanidine groups is 1. The summed E-state index contributed by atoms with van der Waals surface area (Å²) in [5, 5.41) is 16.6. The second kappa shape index (κ2) is 9.46. The molecule has 0 bridgehead atoms. The molecule has 6 nitrogen and oxygen atoms in total. The van der Waals surface area contributed by atoms with E-state index in [9.17, 15) is 0 Å². The van der Waals surface area contributed by atoms with Crippen molar-refractivity contribution in [2.24, 2.45) is 4.99 Å². The number of rotatable bonds is 7. The standard InChI is InChI=1S/C18H34N6S/c1-6-19-16(21-18(2,3)4)20-13-9-12-15-22-23-17(25-5)24(15)14-10-7-8-11-14/h14H,6-13H2,1-5H3,(H2,19,20,21). The van der Waals surface area contributed by atoms with Gasteiger partial charge in [-0.15, -0.1) is 10.2 Å². The van der Waals surface area contributed by atoms with E-state index in [1.54, 1.807) is 11.8 Å². The van der Waals surface area contributed by atoms with E-state index in [1.807, 2.05) is 0 Å². The monoisotopic (exact) mass is 366 g/mol. The van der Waals surface area contributed by atoms with Crippen molar-refractivity contribution < 1.29 is 0 Å². The van der Waals surface area contributed by atoms with Gasteiger partial charge in [-0.05, 0) is 53.2 Å². The Balaban J connectivity index is 1.94. The normalized spacial score (nSPS) is 16.4. The van der Waals surface area contributed by atoms with Crippen molar-refractivity contribution in [3.8, 4) is 0 Å². The first-order valence-corrected chi connectivity index (χ1v) is 10.7. The molecule has 1 aromatic rings. The number of nitrogens with one attached hydrogen (secondary N) is 2. The predicted molar refractivity (Wildman–Crippen MR) is 106 cm³/mol. The van der Waals surface area contributed by atoms with E-state index in [4.69, 9.17) is 4.99 Å². The Morgan fingerprint density at radius 2 is 2.00 bits per heavy atom. The SMILES string of the molecule is CCNC(=NCCCc1nnc(SC)n1C1CCCC1)NC(C)(C)C. The fourth-order valence-corrected chi connectivity index (χ4v) is 3.81. The van der Waals surface area contributed by atoms with E-state index in [0.29, 0.717) is 6.04 Å². The number of aromatic nitrogens is 3. The summed E-state index contributed by atoms with van der Waals surface area (Å²) in [5.74, 6) is 2.01. The van der Waals surface area contributed by atoms with Gasteiger partial charge in [-0.25, -0.2) is 0 Å². The van der Waals surface area contributed by atoms with Crippen molar-refractivity contribution in [2.45, 2.75) is 83.0 Å². The van der Waals surface area contributed by atoms with Crippen LogP contribution in [0.25, 0.3) is 0 Å². The van der Waals surface area contributed by atoms with E-state index in [1.165, 1.54) is 25.7 Å². The minimum atomic E-state index is 0.0108. The lowest BCUT2D eigenvalue weighted by molar-refractivity contribution is 0.461. The van der Waals surface area contributed by atoms with Crippen molar-refractivity contribution in [2.75, 3.05) is 19.3 Å². The molecular formula is C18H34N6S. The van der Waals surface area contributed by atoms with Crippen molar-refractivity contribution in [3.05, 3.63) is 5.82 Å². The average molecular weight is 367 g/mol. The van der Waals surface area contributed by atoms with E-state index >= 15 is 0 Å². The Hall–Kier alpha value is -1.24. The van der Waals surface area contributed by atoms with Gasteiger partial charge in [0.25, 0.3) is 0 Å². The lowest BCUT2D eigenvalue weighted by atomic mass is 10.1. The number of hydrogen-bond acceptors (Lipinski definition) is 4. The number of hydrogen-bond donors (Lipinski definition) is 2. The summed E-state index contributed by atoms with van der Waals surface area (Å²) in [6.07, 6.45) is 9.18. The third-order valence-electron chi connectivity index (χ3n) is 4.27. The summed E-state index contributed by atoms with van der Waals surface area (Å²) < 4.78 is 2.39. The highest BCUT2D eigenvalue weighted by molar-refractivity contribution is 7.98. The first-order chi connectivity index (χ1) is 11.9. The zero-order valence-corrected chi connectivity index (χ0v) is 17.2. The molecule has 0 spiro atoms. The van der Waals surface area contributed by atoms with E-state index in [2.05, 4.69) is 59.3 Å². The highest BCUT2D eigenvalue weighted by Gasteiger charge is 2.23. The Morgan fingerprint density at radius 1 is 1.28 bits per heavy atom. The molecule has 2 rings (SSSR count). The van der Waals surface area contributed by atoms with Crippen LogP contribution in [0.1, 0.15) is 71.7 Å². The second-order valence-corrected chi connectivity index (χ2v) is 8.42. The van der Waals surface area contributed by atoms with Gasteiger partial charge in [0.05, 0.1) is 0 Å². The molecule has 2 N–H and O–H groups in total. The Kier molecular flexibility index (Phi) is 7.59. The molecule has 1 aromatic heterocycles. The van der Waals surface area contributed by atoms with Crippen LogP contribution in [0.4, 0.5) is 0 Å². The van der Waals surface area contributed by atoms with Gasteiger partial charge in [0.15, 0.2) is 11.1 Å². The maximum Gasteiger partial charge on any atom is 0.191 e. The third-order valence-corrected chi connectivity index (χ3v) is 4.92. The van der Waals surface area contributed by atoms with Crippen LogP contribution in [0.5, 0.6) is 0 Å². The quantitative estimate of drug-likeness (QED) is 0.335. The van der Waals surface area contributed by atoms with Gasteiger partial charge in [0, 0.05) is 31.1 Å². The van der Waals surface area contributed by atoms with Crippen molar-refractivity contribution in [3.63, 3.8) is 0 Å². The van der Waals surface area contributed by atoms with Crippen LogP contribution >= 0.6 is 11.8 Å². The van der Waals surface area contributed by atoms with Crippen LogP contribution in [-0.4, -0.2) is 45.6 Å². The van der Waals surface area contributed by atoms with Gasteiger partial charge in [-0.3, -0.25) is 4.99 Å². The maximum atomic E-state index is 4.70. The van der Waals surface area contributed by atoms with Crippen molar-refractivity contribution in [1.29, 1.82) is 0 Å². The fraction of sp³-hybridized carbons (Fsp3) is 0.833. The molecule has 25 heavy (non-hydrogen) atoms. The lowest BCUT2D eigenvalue weighted by Crippen LogP contribution is -2.47. The van der Waals surface area contributed by atoms with Gasteiger partial charge in [-0.2, -0.15) is 0 Å². The summed E-state index contributed by atoms with van der Waals surface area (Å²) in [6, 6.07) is 0.593. The molecule has 0 saturated heterocycles. The topological polar surface area (TPSA) is 67.1 Å². The van der Waals surface area contributed by atoms with Gasteiger partial charge in [0.2, 0.25) is 0 Å². The van der Waals surface area contributed by atoms with E-state index < -0.39 is 0 Å². The zero-order valence-electron chi connectivity index (χ0n) is 16.4. The van der Waals surface area contributed by atoms with Gasteiger partial charge >= 0.3 is 0 Å². The van der Waals surface area contributed by atoms with Gasteiger partial charge in [0.1, 0.15) is 5.82 Å². The van der Waals surface area contributed by atoms with Crippen LogP contribution in [-0.2, 0) is 6.42 Å². The van der Waals surface area contributed by atoms with Crippen LogP contribution in [0.15, 0.2) is 10.1 Å². The Bertz CT molecular complexity index is 554. The molecule has 0 amide bonds. The minimum absolute atomic E-state index is 0.0108. The Morgan fingerprint density at radius 3 is 2.60 bits per heavy atom. The summed E-state index contributed by atoms with van der Waals surface area (Å²) in [4.78, 5) is 4.70. The number of nitrogens with zero attached hydrogens (tertiary/aromatic N) is 4. The first kappa shape index (κ1) is 20.1. The molecule has 0 aliphatic heterocycles. The molecule has 0 atom stereocenters. The first-order valence-electron chi connectivity index (χ1n) is 9.49. The molecule has 142 valence electrons. The number of aliphatic imine (C=N–C) groups is 1. The van der Waals surface area contributed by atoms with Crippen LogP contribution < -0.4 is 10.6 Å². The number of thioether (sulfide) groups is 1. The summed E-state index contributed by atoms with van der Waals surface area (Å²) in [7, 11) is 0. The van der Waals surface area contributed by atoms with Crippen molar-refractivity contribution >= 4 is 17.7 Å². The summed E-state index contributed by atoms with van der Waals surface area (Å²) >= 11 is 1.70. The van der Waals surface area contributed by atoms with Crippen LogP contribution in [0.2, 0.25) is 0 Å². The van der Waals surface area contributed by atoms with Crippen LogP contribution in [0.3, 0.4) is 0 Å². The fourth-order valence-electron chi connectivity index (χ4n) is 3.24. The molecule has 0 aromatic carbocycles. The zero-order chi connectivity index (χ0) is 18.3. The molecule has 1 saturated carbocycles. The van der Waals surface area contributed by atoms with Gasteiger partial charge in [-0.1, -0.05) is 24.6 Å². The van der Waals surface area contributed by atoms with E-state index in [-0.39, 0.29) is 5.54 Å². The minimum Gasteiger partial charge on any atom is -0.357 e. The number of aryl methyl sites for hydroxylation is 1. The maximum absolute atomic E-state index is 4.70. The molecule has 1 aliphatic rings. The second-order valence-electron chi connectivity index (χ2n) is 7.65. The third kappa shape index (κ3) is 6.20. The smallest absolute Gasteiger partial charge is 0.191 e. The highest BCUT2D eigenvalue weighted by atomic mass is 32.2. The molecule has 1 heterocycles. The van der Waals surface area contributed by atoms with Crippen molar-refractivity contribution in [1.82, 2.24) is 25.4 Å². The molecule has 0 radical (unpaired) electrons. The molecule has 1 aliphatic carbocycles. The molecule has 7 heteroatoms. The molecule has 1 fully saturated rings. The molecule has 0 unspecified atom stereocenters. The predicted octanol–water partition coefficient (Wildman–Crippen LogP) is 3.40. The summed E-state index contributed by atoms with van der Waals surface area (Å²) in [5.41, 5.74) is 0.0108. The average Bonchev–Trinajstić information content (AvgIpc) is 3.18. The van der Waals surface area contributed by atoms with Gasteiger partial charge < -0.3 is 15.2 Å². The molecular weight excluding hydrogens is 332 g/mol.